The lowest BCUT2D eigenvalue weighted by molar-refractivity contribution is -0.270. The van der Waals surface area contributed by atoms with E-state index in [1.807, 2.05) is 60.7 Å². The third kappa shape index (κ3) is 4.67. The molecule has 0 amide bonds. The van der Waals surface area contributed by atoms with Crippen molar-refractivity contribution in [2.75, 3.05) is 6.61 Å². The van der Waals surface area contributed by atoms with Crippen molar-refractivity contribution in [2.24, 2.45) is 5.73 Å². The molecule has 1 fully saturated rings. The Labute approximate surface area is 153 Å². The van der Waals surface area contributed by atoms with Crippen molar-refractivity contribution in [3.63, 3.8) is 0 Å². The smallest absolute Gasteiger partial charge is 0.173 e. The lowest BCUT2D eigenvalue weighted by atomic mass is 9.97. The Hall–Kier alpha value is -1.80. The average molecular weight is 359 g/mol. The minimum Gasteiger partial charge on any atom is -0.394 e. The highest BCUT2D eigenvalue weighted by Crippen LogP contribution is 2.25. The number of aliphatic hydroxyl groups is 2. The van der Waals surface area contributed by atoms with Crippen LogP contribution in [0.2, 0.25) is 0 Å². The number of benzene rings is 2. The van der Waals surface area contributed by atoms with Crippen molar-refractivity contribution >= 4 is 0 Å². The van der Waals surface area contributed by atoms with E-state index in [0.717, 1.165) is 11.1 Å². The number of nitrogens with two attached hydrogens (primary N) is 1. The van der Waals surface area contributed by atoms with E-state index in [9.17, 15) is 10.2 Å². The Morgan fingerprint density at radius 1 is 0.846 bits per heavy atom. The van der Waals surface area contributed by atoms with Crippen molar-refractivity contribution in [2.45, 2.75) is 43.9 Å². The second-order valence-electron chi connectivity index (χ2n) is 6.35. The van der Waals surface area contributed by atoms with Gasteiger partial charge in [0.2, 0.25) is 0 Å². The highest BCUT2D eigenvalue weighted by Gasteiger charge is 2.45. The molecule has 5 atom stereocenters. The number of aliphatic hydroxyl groups excluding tert-OH is 2. The molecule has 0 aliphatic carbocycles. The first kappa shape index (κ1) is 19.0. The van der Waals surface area contributed by atoms with Gasteiger partial charge in [0.1, 0.15) is 18.3 Å². The van der Waals surface area contributed by atoms with Crippen molar-refractivity contribution < 1.29 is 24.4 Å². The highest BCUT2D eigenvalue weighted by molar-refractivity contribution is 5.14. The van der Waals surface area contributed by atoms with Crippen molar-refractivity contribution in [3.05, 3.63) is 71.8 Å². The maximum atomic E-state index is 10.1. The Morgan fingerprint density at radius 2 is 1.35 bits per heavy atom. The molecule has 1 saturated heterocycles. The molecule has 0 aromatic heterocycles. The average Bonchev–Trinajstić information content (AvgIpc) is 2.69. The topological polar surface area (TPSA) is 94.2 Å². The molecule has 26 heavy (non-hydrogen) atoms. The predicted octanol–water partition coefficient (Wildman–Crippen LogP) is 1.19. The van der Waals surface area contributed by atoms with Gasteiger partial charge >= 0.3 is 0 Å². The summed E-state index contributed by atoms with van der Waals surface area (Å²) in [5.41, 5.74) is 8.08. The van der Waals surface area contributed by atoms with Gasteiger partial charge in [-0.3, -0.25) is 0 Å². The third-order valence-electron chi connectivity index (χ3n) is 4.46. The molecule has 4 N–H and O–H groups in total. The number of hydrogen-bond donors (Lipinski definition) is 3. The van der Waals surface area contributed by atoms with Crippen LogP contribution in [0.25, 0.3) is 0 Å². The number of ether oxygens (including phenoxy) is 3. The van der Waals surface area contributed by atoms with Crippen LogP contribution in [0, 0.1) is 0 Å². The largest absolute Gasteiger partial charge is 0.394 e. The fourth-order valence-electron chi connectivity index (χ4n) is 3.03. The van der Waals surface area contributed by atoms with E-state index in [1.54, 1.807) is 0 Å². The summed E-state index contributed by atoms with van der Waals surface area (Å²) in [4.78, 5) is 0. The monoisotopic (exact) mass is 359 g/mol. The van der Waals surface area contributed by atoms with Gasteiger partial charge in [0, 0.05) is 0 Å². The van der Waals surface area contributed by atoms with E-state index in [0.29, 0.717) is 13.2 Å². The molecule has 1 heterocycles. The molecule has 1 unspecified atom stereocenters. The summed E-state index contributed by atoms with van der Waals surface area (Å²) in [7, 11) is 0. The van der Waals surface area contributed by atoms with Crippen LogP contribution in [0.4, 0.5) is 0 Å². The molecule has 0 saturated carbocycles. The van der Waals surface area contributed by atoms with Crippen molar-refractivity contribution in [3.8, 4) is 0 Å². The Balaban J connectivity index is 1.71. The molecule has 6 heteroatoms. The molecule has 2 aromatic rings. The molecule has 0 radical (unpaired) electrons. The first-order valence-electron chi connectivity index (χ1n) is 8.70. The van der Waals surface area contributed by atoms with Crippen molar-refractivity contribution in [1.29, 1.82) is 0 Å². The quantitative estimate of drug-likeness (QED) is 0.688. The second kappa shape index (κ2) is 9.23. The van der Waals surface area contributed by atoms with E-state index in [4.69, 9.17) is 19.9 Å². The van der Waals surface area contributed by atoms with E-state index in [2.05, 4.69) is 0 Å². The van der Waals surface area contributed by atoms with Crippen LogP contribution >= 0.6 is 0 Å². The van der Waals surface area contributed by atoms with Gasteiger partial charge in [-0.25, -0.2) is 0 Å². The van der Waals surface area contributed by atoms with Crippen LogP contribution in [0.3, 0.4) is 0 Å². The van der Waals surface area contributed by atoms with Gasteiger partial charge < -0.3 is 30.2 Å². The molecule has 1 aliphatic heterocycles. The van der Waals surface area contributed by atoms with E-state index in [1.165, 1.54) is 0 Å². The van der Waals surface area contributed by atoms with Gasteiger partial charge in [0.25, 0.3) is 0 Å². The molecule has 1 aliphatic rings. The first-order chi connectivity index (χ1) is 12.7. The van der Waals surface area contributed by atoms with Crippen LogP contribution in [-0.2, 0) is 27.4 Å². The van der Waals surface area contributed by atoms with E-state index < -0.39 is 30.6 Å². The molecular weight excluding hydrogens is 334 g/mol. The van der Waals surface area contributed by atoms with Gasteiger partial charge in [0.15, 0.2) is 6.29 Å². The highest BCUT2D eigenvalue weighted by atomic mass is 16.6. The van der Waals surface area contributed by atoms with Crippen LogP contribution in [0.1, 0.15) is 11.1 Å². The zero-order chi connectivity index (χ0) is 18.4. The van der Waals surface area contributed by atoms with Crippen molar-refractivity contribution in [1.82, 2.24) is 0 Å². The van der Waals surface area contributed by atoms with Gasteiger partial charge in [-0.05, 0) is 11.1 Å². The van der Waals surface area contributed by atoms with Gasteiger partial charge in [-0.15, -0.1) is 0 Å². The SMILES string of the molecule is N[C@H]1C(O)O[C@H](CO)[C@H](OCc2ccccc2)[C@@H]1OCc1ccccc1. The lowest BCUT2D eigenvalue weighted by Gasteiger charge is -2.42. The minimum atomic E-state index is -1.22. The standard InChI is InChI=1S/C20H25NO5/c21-17-19(25-13-15-9-5-2-6-10-15)18(16(11-22)26-20(17)23)24-12-14-7-3-1-4-8-14/h1-10,16-20,22-23H,11-13,21H2/t16-,17-,18+,19-,20?/m1/s1. The third-order valence-corrected chi connectivity index (χ3v) is 4.46. The number of rotatable bonds is 7. The Kier molecular flexibility index (Phi) is 6.73. The zero-order valence-corrected chi connectivity index (χ0v) is 14.5. The summed E-state index contributed by atoms with van der Waals surface area (Å²) in [6.45, 7) is 0.364. The Bertz CT molecular complexity index is 610. The van der Waals surface area contributed by atoms with Gasteiger partial charge in [0.05, 0.1) is 25.9 Å². The van der Waals surface area contributed by atoms with Crippen LogP contribution in [0.5, 0.6) is 0 Å². The zero-order valence-electron chi connectivity index (χ0n) is 14.5. The fourth-order valence-corrected chi connectivity index (χ4v) is 3.03. The second-order valence-corrected chi connectivity index (χ2v) is 6.35. The molecule has 0 spiro atoms. The fraction of sp³-hybridized carbons (Fsp3) is 0.400. The first-order valence-corrected chi connectivity index (χ1v) is 8.70. The summed E-state index contributed by atoms with van der Waals surface area (Å²) in [6, 6.07) is 18.6. The summed E-state index contributed by atoms with van der Waals surface area (Å²) >= 11 is 0. The van der Waals surface area contributed by atoms with Gasteiger partial charge in [-0.1, -0.05) is 60.7 Å². The molecular formula is C20H25NO5. The lowest BCUT2D eigenvalue weighted by Crippen LogP contribution is -2.63. The predicted molar refractivity (Wildman–Crippen MR) is 96.0 cm³/mol. The maximum Gasteiger partial charge on any atom is 0.173 e. The summed E-state index contributed by atoms with van der Waals surface area (Å²) in [5, 5.41) is 19.7. The molecule has 6 nitrogen and oxygen atoms in total. The molecule has 3 rings (SSSR count). The summed E-state index contributed by atoms with van der Waals surface area (Å²) in [6.07, 6.45) is -3.14. The van der Waals surface area contributed by atoms with Gasteiger partial charge in [-0.2, -0.15) is 0 Å². The van der Waals surface area contributed by atoms with Crippen LogP contribution < -0.4 is 5.73 Å². The summed E-state index contributed by atoms with van der Waals surface area (Å²) in [5.74, 6) is 0. The summed E-state index contributed by atoms with van der Waals surface area (Å²) < 4.78 is 17.4. The minimum absolute atomic E-state index is 0.297. The number of hydrogen-bond acceptors (Lipinski definition) is 6. The normalized spacial score (nSPS) is 28.8. The molecule has 0 bridgehead atoms. The molecule has 2 aromatic carbocycles. The molecule has 140 valence electrons. The Morgan fingerprint density at radius 3 is 1.85 bits per heavy atom. The van der Waals surface area contributed by atoms with E-state index in [-0.39, 0.29) is 6.61 Å². The van der Waals surface area contributed by atoms with Crippen LogP contribution in [0.15, 0.2) is 60.7 Å². The van der Waals surface area contributed by atoms with Crippen LogP contribution in [-0.4, -0.2) is 47.5 Å². The van der Waals surface area contributed by atoms with E-state index >= 15 is 0 Å². The maximum absolute atomic E-state index is 10.1.